The first-order valence-corrected chi connectivity index (χ1v) is 6.27. The van der Waals surface area contributed by atoms with Gasteiger partial charge in [-0.1, -0.05) is 18.2 Å². The minimum absolute atomic E-state index is 0.376. The maximum atomic E-state index is 12.4. The monoisotopic (exact) mass is 281 g/mol. The summed E-state index contributed by atoms with van der Waals surface area (Å²) in [4.78, 5) is 31.9. The summed E-state index contributed by atoms with van der Waals surface area (Å²) >= 11 is 0. The van der Waals surface area contributed by atoms with E-state index in [0.29, 0.717) is 16.9 Å². The first-order valence-electron chi connectivity index (χ1n) is 6.27. The van der Waals surface area contributed by atoms with Crippen LogP contribution in [-0.2, 0) is 0 Å². The van der Waals surface area contributed by atoms with Crippen LogP contribution in [0, 0.1) is 6.92 Å². The van der Waals surface area contributed by atoms with Crippen LogP contribution in [0.25, 0.3) is 16.9 Å². The van der Waals surface area contributed by atoms with Gasteiger partial charge in [0, 0.05) is 5.69 Å². The second-order valence-corrected chi connectivity index (χ2v) is 4.53. The number of rotatable bonds is 2. The molecular weight excluding hydrogens is 270 g/mol. The number of carboxylic acid groups (broad SMARTS) is 1. The van der Waals surface area contributed by atoms with Crippen molar-refractivity contribution >= 4 is 17.0 Å². The van der Waals surface area contributed by atoms with E-state index in [0.717, 1.165) is 5.69 Å². The number of aryl methyl sites for hydroxylation is 1. The fourth-order valence-corrected chi connectivity index (χ4v) is 2.15. The van der Waals surface area contributed by atoms with Crippen LogP contribution in [0.15, 0.2) is 47.3 Å². The zero-order valence-corrected chi connectivity index (χ0v) is 11.1. The predicted molar refractivity (Wildman–Crippen MR) is 76.8 cm³/mol. The maximum Gasteiger partial charge on any atom is 0.360 e. The van der Waals surface area contributed by atoms with Crippen LogP contribution in [0.5, 0.6) is 0 Å². The van der Waals surface area contributed by atoms with Gasteiger partial charge >= 0.3 is 5.97 Å². The van der Waals surface area contributed by atoms with Crippen molar-refractivity contribution in [3.8, 4) is 5.82 Å². The zero-order valence-electron chi connectivity index (χ0n) is 11.1. The lowest BCUT2D eigenvalue weighted by molar-refractivity contribution is 0.0688. The van der Waals surface area contributed by atoms with Crippen molar-refractivity contribution in [2.75, 3.05) is 0 Å². The summed E-state index contributed by atoms with van der Waals surface area (Å²) in [5.74, 6) is -0.978. The van der Waals surface area contributed by atoms with Crippen molar-refractivity contribution in [2.24, 2.45) is 0 Å². The molecular formula is C15H11N3O3. The van der Waals surface area contributed by atoms with Crippen molar-refractivity contribution in [2.45, 2.75) is 6.92 Å². The molecule has 2 aromatic heterocycles. The number of para-hydroxylation sites is 2. The molecule has 0 aliphatic carbocycles. The Hall–Kier alpha value is -3.02. The average Bonchev–Trinajstić information content (AvgIpc) is 2.46. The van der Waals surface area contributed by atoms with Crippen LogP contribution in [0.3, 0.4) is 0 Å². The molecule has 1 N–H and O–H groups in total. The predicted octanol–water partition coefficient (Wildman–Crippen LogP) is 1.79. The minimum atomic E-state index is -1.35. The Labute approximate surface area is 119 Å². The molecule has 6 nitrogen and oxygen atoms in total. The van der Waals surface area contributed by atoms with Crippen LogP contribution >= 0.6 is 0 Å². The SMILES string of the molecule is Cc1cccc(-n2c(=O)c(C(=O)O)nc3ccccc32)n1. The quantitative estimate of drug-likeness (QED) is 0.774. The van der Waals surface area contributed by atoms with E-state index in [1.165, 1.54) is 4.57 Å². The summed E-state index contributed by atoms with van der Waals surface area (Å²) in [6.45, 7) is 1.80. The van der Waals surface area contributed by atoms with Crippen molar-refractivity contribution in [1.29, 1.82) is 0 Å². The van der Waals surface area contributed by atoms with Gasteiger partial charge in [0.15, 0.2) is 0 Å². The Kier molecular flexibility index (Phi) is 2.98. The van der Waals surface area contributed by atoms with E-state index < -0.39 is 17.2 Å². The maximum absolute atomic E-state index is 12.4. The summed E-state index contributed by atoms with van der Waals surface area (Å²) in [5.41, 5.74) is 0.469. The van der Waals surface area contributed by atoms with E-state index in [2.05, 4.69) is 9.97 Å². The fourth-order valence-electron chi connectivity index (χ4n) is 2.15. The fraction of sp³-hybridized carbons (Fsp3) is 0.0667. The second-order valence-electron chi connectivity index (χ2n) is 4.53. The summed E-state index contributed by atoms with van der Waals surface area (Å²) in [6.07, 6.45) is 0. The van der Waals surface area contributed by atoms with Crippen LogP contribution in [-0.4, -0.2) is 25.6 Å². The molecule has 6 heteroatoms. The highest BCUT2D eigenvalue weighted by atomic mass is 16.4. The van der Waals surface area contributed by atoms with Gasteiger partial charge in [-0.25, -0.2) is 14.8 Å². The van der Waals surface area contributed by atoms with Gasteiger partial charge in [0.05, 0.1) is 11.0 Å². The third kappa shape index (κ3) is 2.16. The normalized spacial score (nSPS) is 10.7. The Bertz CT molecular complexity index is 915. The van der Waals surface area contributed by atoms with E-state index in [-0.39, 0.29) is 0 Å². The van der Waals surface area contributed by atoms with Gasteiger partial charge in [0.1, 0.15) is 5.82 Å². The molecule has 0 bridgehead atoms. The van der Waals surface area contributed by atoms with Crippen LogP contribution < -0.4 is 5.56 Å². The molecule has 0 atom stereocenters. The van der Waals surface area contributed by atoms with Crippen LogP contribution in [0.1, 0.15) is 16.2 Å². The van der Waals surface area contributed by atoms with Crippen LogP contribution in [0.2, 0.25) is 0 Å². The number of pyridine rings is 1. The van der Waals surface area contributed by atoms with Gasteiger partial charge in [-0.2, -0.15) is 0 Å². The number of carboxylic acids is 1. The Morgan fingerprint density at radius 1 is 1.10 bits per heavy atom. The van der Waals surface area contributed by atoms with E-state index in [1.807, 2.05) is 0 Å². The second kappa shape index (κ2) is 4.82. The van der Waals surface area contributed by atoms with Gasteiger partial charge in [-0.05, 0) is 31.2 Å². The van der Waals surface area contributed by atoms with Gasteiger partial charge in [0.25, 0.3) is 5.56 Å². The highest BCUT2D eigenvalue weighted by molar-refractivity contribution is 5.88. The number of hydrogen-bond donors (Lipinski definition) is 1. The molecule has 0 aliphatic heterocycles. The first-order chi connectivity index (χ1) is 10.1. The number of fused-ring (bicyclic) bond motifs is 1. The number of carbonyl (C=O) groups is 1. The topological polar surface area (TPSA) is 85.1 Å². The van der Waals surface area contributed by atoms with Gasteiger partial charge in [-0.3, -0.25) is 9.36 Å². The molecule has 0 unspecified atom stereocenters. The van der Waals surface area contributed by atoms with E-state index in [4.69, 9.17) is 5.11 Å². The van der Waals surface area contributed by atoms with Crippen molar-refractivity contribution < 1.29 is 9.90 Å². The molecule has 3 rings (SSSR count). The van der Waals surface area contributed by atoms with Gasteiger partial charge < -0.3 is 5.11 Å². The van der Waals surface area contributed by atoms with Gasteiger partial charge in [0.2, 0.25) is 5.69 Å². The van der Waals surface area contributed by atoms with E-state index >= 15 is 0 Å². The molecule has 2 heterocycles. The number of hydrogen-bond acceptors (Lipinski definition) is 4. The molecule has 0 saturated carbocycles. The van der Waals surface area contributed by atoms with E-state index in [1.54, 1.807) is 49.4 Å². The number of nitrogens with zero attached hydrogens (tertiary/aromatic N) is 3. The summed E-state index contributed by atoms with van der Waals surface area (Å²) in [5, 5.41) is 9.15. The third-order valence-electron chi connectivity index (χ3n) is 3.07. The molecule has 0 saturated heterocycles. The zero-order chi connectivity index (χ0) is 15.0. The molecule has 0 fully saturated rings. The summed E-state index contributed by atoms with van der Waals surface area (Å²) in [6, 6.07) is 12.1. The smallest absolute Gasteiger partial charge is 0.360 e. The molecule has 0 spiro atoms. The standard InChI is InChI=1S/C15H11N3O3/c1-9-5-4-8-12(16-9)18-11-7-3-2-6-10(11)17-13(14(18)19)15(20)21/h2-8H,1H3,(H,20,21). The Morgan fingerprint density at radius 3 is 2.57 bits per heavy atom. The highest BCUT2D eigenvalue weighted by Crippen LogP contribution is 2.14. The first kappa shape index (κ1) is 13.0. The van der Waals surface area contributed by atoms with Gasteiger partial charge in [-0.15, -0.1) is 0 Å². The van der Waals surface area contributed by atoms with Crippen LogP contribution in [0.4, 0.5) is 0 Å². The summed E-state index contributed by atoms with van der Waals surface area (Å²) in [7, 11) is 0. The molecule has 3 aromatic rings. The molecule has 0 aliphatic rings. The Balaban J connectivity index is 2.47. The molecule has 21 heavy (non-hydrogen) atoms. The molecule has 0 amide bonds. The lowest BCUT2D eigenvalue weighted by Gasteiger charge is -2.10. The Morgan fingerprint density at radius 2 is 1.86 bits per heavy atom. The van der Waals surface area contributed by atoms with Crippen molar-refractivity contribution in [1.82, 2.24) is 14.5 Å². The summed E-state index contributed by atoms with van der Waals surface area (Å²) < 4.78 is 1.28. The largest absolute Gasteiger partial charge is 0.476 e. The average molecular weight is 281 g/mol. The number of aromatic carboxylic acids is 1. The third-order valence-corrected chi connectivity index (χ3v) is 3.07. The lowest BCUT2D eigenvalue weighted by atomic mass is 10.2. The van der Waals surface area contributed by atoms with E-state index in [9.17, 15) is 9.59 Å². The molecule has 0 radical (unpaired) electrons. The minimum Gasteiger partial charge on any atom is -0.476 e. The number of aromatic nitrogens is 3. The number of benzene rings is 1. The molecule has 104 valence electrons. The van der Waals surface area contributed by atoms with Crippen molar-refractivity contribution in [3.05, 3.63) is 64.2 Å². The highest BCUT2D eigenvalue weighted by Gasteiger charge is 2.17. The lowest BCUT2D eigenvalue weighted by Crippen LogP contribution is -2.28. The molecule has 1 aromatic carbocycles. The van der Waals surface area contributed by atoms with Crippen molar-refractivity contribution in [3.63, 3.8) is 0 Å².